The van der Waals surface area contributed by atoms with E-state index in [1.54, 1.807) is 18.2 Å². The summed E-state index contributed by atoms with van der Waals surface area (Å²) in [5, 5.41) is 6.83. The van der Waals surface area contributed by atoms with Crippen molar-refractivity contribution in [1.29, 1.82) is 0 Å². The van der Waals surface area contributed by atoms with Gasteiger partial charge in [-0.3, -0.25) is 0 Å². The molecule has 0 amide bonds. The zero-order valence-corrected chi connectivity index (χ0v) is 19.6. The van der Waals surface area contributed by atoms with Crippen LogP contribution in [0.2, 0.25) is 0 Å². The third kappa shape index (κ3) is 5.34. The minimum atomic E-state index is 0.499. The maximum Gasteiger partial charge on any atom is 0.150 e. The number of ether oxygens (including phenoxy) is 1. The Labute approximate surface area is 210 Å². The van der Waals surface area contributed by atoms with Gasteiger partial charge in [0.25, 0.3) is 0 Å². The monoisotopic (exact) mass is 473 g/mol. The summed E-state index contributed by atoms with van der Waals surface area (Å²) in [4.78, 5) is 0. The molecule has 0 aliphatic carbocycles. The first-order valence-corrected chi connectivity index (χ1v) is 11.6. The Bertz CT molecular complexity index is 1470. The second kappa shape index (κ2) is 10.0. The number of anilines is 7. The van der Waals surface area contributed by atoms with Crippen LogP contribution in [0.1, 0.15) is 0 Å². The first-order valence-electron chi connectivity index (χ1n) is 11.6. The van der Waals surface area contributed by atoms with Gasteiger partial charge in [0.1, 0.15) is 11.5 Å². The molecule has 5 aromatic carbocycles. The van der Waals surface area contributed by atoms with Crippen molar-refractivity contribution in [2.45, 2.75) is 0 Å². The fourth-order valence-electron chi connectivity index (χ4n) is 3.87. The summed E-state index contributed by atoms with van der Waals surface area (Å²) in [6.45, 7) is 0. The zero-order chi connectivity index (χ0) is 24.9. The molecule has 0 bridgehead atoms. The molecule has 0 saturated carbocycles. The van der Waals surface area contributed by atoms with E-state index in [1.807, 2.05) is 78.9 Å². The van der Waals surface area contributed by atoms with E-state index < -0.39 is 0 Å². The van der Waals surface area contributed by atoms with Crippen molar-refractivity contribution >= 4 is 39.8 Å². The summed E-state index contributed by atoms with van der Waals surface area (Å²) in [5.41, 5.74) is 25.8. The minimum Gasteiger partial charge on any atom is -0.455 e. The maximum absolute atomic E-state index is 6.29. The number of hydrogen-bond donors (Lipinski definition) is 5. The summed E-state index contributed by atoms with van der Waals surface area (Å²) in [6, 6.07) is 37.1. The van der Waals surface area contributed by atoms with E-state index in [0.29, 0.717) is 22.9 Å². The summed E-state index contributed by atoms with van der Waals surface area (Å²) in [6.07, 6.45) is 0. The van der Waals surface area contributed by atoms with Crippen molar-refractivity contribution in [3.8, 4) is 22.6 Å². The molecular weight excluding hydrogens is 446 g/mol. The molecule has 0 spiro atoms. The highest BCUT2D eigenvalue weighted by Crippen LogP contribution is 2.32. The van der Waals surface area contributed by atoms with E-state index in [4.69, 9.17) is 21.9 Å². The van der Waals surface area contributed by atoms with E-state index >= 15 is 0 Å². The van der Waals surface area contributed by atoms with Crippen LogP contribution in [0.4, 0.5) is 39.8 Å². The predicted octanol–water partition coefficient (Wildman–Crippen LogP) is 7.38. The fraction of sp³-hybridized carbons (Fsp3) is 0. The Kier molecular flexibility index (Phi) is 6.32. The number of benzene rings is 5. The Hall–Kier alpha value is -5.10. The predicted molar refractivity (Wildman–Crippen MR) is 151 cm³/mol. The van der Waals surface area contributed by atoms with Gasteiger partial charge in [-0.2, -0.15) is 0 Å². The van der Waals surface area contributed by atoms with Gasteiger partial charge in [0, 0.05) is 39.7 Å². The van der Waals surface area contributed by atoms with Gasteiger partial charge in [-0.1, -0.05) is 30.3 Å². The minimum absolute atomic E-state index is 0.499. The number of hydrogen-bond acceptors (Lipinski definition) is 6. The molecule has 5 rings (SSSR count). The van der Waals surface area contributed by atoms with Crippen LogP contribution in [0.5, 0.6) is 11.5 Å². The van der Waals surface area contributed by atoms with Crippen molar-refractivity contribution in [3.05, 3.63) is 115 Å². The van der Waals surface area contributed by atoms with Gasteiger partial charge < -0.3 is 32.6 Å². The lowest BCUT2D eigenvalue weighted by Gasteiger charge is -2.13. The first kappa shape index (κ1) is 22.7. The lowest BCUT2D eigenvalue weighted by atomic mass is 10.0. The first-order chi connectivity index (χ1) is 17.5. The summed E-state index contributed by atoms with van der Waals surface area (Å²) in [5.74, 6) is 1.26. The van der Waals surface area contributed by atoms with Crippen LogP contribution in [-0.2, 0) is 0 Å². The molecule has 0 unspecified atom stereocenters. The average molecular weight is 474 g/mol. The molecular formula is C30H27N5O. The number of nitrogens with one attached hydrogen (secondary N) is 2. The third-order valence-electron chi connectivity index (χ3n) is 5.72. The van der Waals surface area contributed by atoms with Crippen molar-refractivity contribution in [2.75, 3.05) is 27.8 Å². The molecule has 36 heavy (non-hydrogen) atoms. The number of rotatable bonds is 7. The molecule has 0 aromatic heterocycles. The fourth-order valence-corrected chi connectivity index (χ4v) is 3.87. The molecule has 5 aromatic rings. The Morgan fingerprint density at radius 1 is 0.500 bits per heavy atom. The molecule has 0 atom stereocenters. The molecule has 8 N–H and O–H groups in total. The van der Waals surface area contributed by atoms with Gasteiger partial charge in [0.2, 0.25) is 0 Å². The van der Waals surface area contributed by atoms with Crippen LogP contribution >= 0.6 is 0 Å². The second-order valence-corrected chi connectivity index (χ2v) is 8.42. The topological polar surface area (TPSA) is 111 Å². The van der Waals surface area contributed by atoms with Crippen molar-refractivity contribution in [2.24, 2.45) is 0 Å². The molecule has 0 aliphatic heterocycles. The summed E-state index contributed by atoms with van der Waals surface area (Å²) in [7, 11) is 0. The molecule has 0 fully saturated rings. The highest BCUT2D eigenvalue weighted by atomic mass is 16.5. The molecule has 178 valence electrons. The van der Waals surface area contributed by atoms with Gasteiger partial charge in [-0.05, 0) is 90.5 Å². The Balaban J connectivity index is 1.26. The van der Waals surface area contributed by atoms with E-state index in [-0.39, 0.29) is 0 Å². The van der Waals surface area contributed by atoms with Crippen LogP contribution in [0, 0.1) is 0 Å². The van der Waals surface area contributed by atoms with Crippen LogP contribution in [-0.4, -0.2) is 0 Å². The van der Waals surface area contributed by atoms with Gasteiger partial charge in [-0.25, -0.2) is 0 Å². The SMILES string of the molecule is Nc1ccc(Oc2ccc(Nc3ccc(-c4cc(Nc5ccccc5)ccc4N)cc3)cc2)c(N)c1. The van der Waals surface area contributed by atoms with Crippen LogP contribution in [0.15, 0.2) is 115 Å². The smallest absolute Gasteiger partial charge is 0.150 e. The van der Waals surface area contributed by atoms with Gasteiger partial charge in [0.15, 0.2) is 0 Å². The lowest BCUT2D eigenvalue weighted by molar-refractivity contribution is 0.485. The second-order valence-electron chi connectivity index (χ2n) is 8.42. The molecule has 6 nitrogen and oxygen atoms in total. The number of nitrogen functional groups attached to an aromatic ring is 3. The quantitative estimate of drug-likeness (QED) is 0.158. The number of nitrogens with two attached hydrogens (primary N) is 3. The van der Waals surface area contributed by atoms with E-state index in [9.17, 15) is 0 Å². The van der Waals surface area contributed by atoms with E-state index in [0.717, 1.165) is 39.6 Å². The summed E-state index contributed by atoms with van der Waals surface area (Å²) < 4.78 is 5.87. The number of para-hydroxylation sites is 1. The molecule has 0 aliphatic rings. The van der Waals surface area contributed by atoms with Crippen LogP contribution in [0.3, 0.4) is 0 Å². The van der Waals surface area contributed by atoms with E-state index in [2.05, 4.69) is 28.8 Å². The molecule has 0 saturated heterocycles. The van der Waals surface area contributed by atoms with Crippen molar-refractivity contribution in [3.63, 3.8) is 0 Å². The van der Waals surface area contributed by atoms with Gasteiger partial charge in [-0.15, -0.1) is 0 Å². The Morgan fingerprint density at radius 3 is 1.81 bits per heavy atom. The molecule has 0 heterocycles. The Morgan fingerprint density at radius 2 is 1.11 bits per heavy atom. The van der Waals surface area contributed by atoms with Crippen molar-refractivity contribution in [1.82, 2.24) is 0 Å². The van der Waals surface area contributed by atoms with Crippen LogP contribution < -0.4 is 32.6 Å². The average Bonchev–Trinajstić information content (AvgIpc) is 2.89. The molecule has 0 radical (unpaired) electrons. The molecule has 6 heteroatoms. The highest BCUT2D eigenvalue weighted by Gasteiger charge is 2.07. The maximum atomic E-state index is 6.29. The lowest BCUT2D eigenvalue weighted by Crippen LogP contribution is -1.95. The van der Waals surface area contributed by atoms with Crippen LogP contribution in [0.25, 0.3) is 11.1 Å². The third-order valence-corrected chi connectivity index (χ3v) is 5.72. The van der Waals surface area contributed by atoms with Gasteiger partial charge in [0.05, 0.1) is 5.69 Å². The largest absolute Gasteiger partial charge is 0.455 e. The standard InChI is InChI=1S/C30H27N5O/c31-21-8-17-30(29(33)18-21)36-26-14-11-24(12-15-26)34-23-9-6-20(7-10-23)27-19-25(13-16-28(27)32)35-22-4-2-1-3-5-22/h1-19,34-35H,31-33H2. The van der Waals surface area contributed by atoms with Crippen molar-refractivity contribution < 1.29 is 4.74 Å². The van der Waals surface area contributed by atoms with Gasteiger partial charge >= 0.3 is 0 Å². The summed E-state index contributed by atoms with van der Waals surface area (Å²) >= 11 is 0. The normalized spacial score (nSPS) is 10.6. The highest BCUT2D eigenvalue weighted by molar-refractivity contribution is 5.81. The zero-order valence-electron chi connectivity index (χ0n) is 19.6. The van der Waals surface area contributed by atoms with E-state index in [1.165, 1.54) is 0 Å².